The van der Waals surface area contributed by atoms with Crippen LogP contribution >= 0.6 is 0 Å². The number of hydrogen-bond acceptors (Lipinski definition) is 3. The number of amides is 1. The van der Waals surface area contributed by atoms with Crippen LogP contribution in [0.15, 0.2) is 0 Å². The summed E-state index contributed by atoms with van der Waals surface area (Å²) in [6.45, 7) is 12.8. The lowest BCUT2D eigenvalue weighted by atomic mass is 10.1. The fraction of sp³-hybridized carbons (Fsp3) is 0.929. The molecule has 0 aliphatic carbocycles. The maximum Gasteiger partial charge on any atom is 0.222 e. The van der Waals surface area contributed by atoms with Crippen LogP contribution in [-0.2, 0) is 4.79 Å². The Bertz CT molecular complexity index is 236. The zero-order valence-electron chi connectivity index (χ0n) is 12.8. The first-order valence-corrected chi connectivity index (χ1v) is 7.09. The van der Waals surface area contributed by atoms with Crippen molar-refractivity contribution < 1.29 is 4.79 Å². The molecule has 0 radical (unpaired) electrons. The Morgan fingerprint density at radius 1 is 1.33 bits per heavy atom. The normalized spacial score (nSPS) is 13.7. The summed E-state index contributed by atoms with van der Waals surface area (Å²) in [6, 6.07) is 0.156. The molecule has 0 fully saturated rings. The Morgan fingerprint density at radius 2 is 1.94 bits per heavy atom. The van der Waals surface area contributed by atoms with Crippen molar-refractivity contribution in [1.29, 1.82) is 0 Å². The third kappa shape index (κ3) is 7.67. The third-order valence-electron chi connectivity index (χ3n) is 2.93. The van der Waals surface area contributed by atoms with Crippen molar-refractivity contribution in [3.8, 4) is 0 Å². The number of rotatable bonds is 8. The second-order valence-corrected chi connectivity index (χ2v) is 5.87. The van der Waals surface area contributed by atoms with E-state index in [0.29, 0.717) is 13.0 Å². The van der Waals surface area contributed by atoms with E-state index in [2.05, 4.69) is 24.1 Å². The summed E-state index contributed by atoms with van der Waals surface area (Å²) in [6.07, 6.45) is 2.82. The Kier molecular flexibility index (Phi) is 8.20. The van der Waals surface area contributed by atoms with Gasteiger partial charge in [0, 0.05) is 24.5 Å². The van der Waals surface area contributed by atoms with E-state index in [1.54, 1.807) is 0 Å². The lowest BCUT2D eigenvalue weighted by molar-refractivity contribution is -0.123. The highest BCUT2D eigenvalue weighted by Crippen LogP contribution is 2.07. The van der Waals surface area contributed by atoms with Crippen molar-refractivity contribution in [3.05, 3.63) is 0 Å². The van der Waals surface area contributed by atoms with Crippen molar-refractivity contribution in [2.45, 2.75) is 65.5 Å². The highest BCUT2D eigenvalue weighted by Gasteiger charge is 2.21. The minimum Gasteiger partial charge on any atom is -0.351 e. The van der Waals surface area contributed by atoms with Crippen molar-refractivity contribution in [3.63, 3.8) is 0 Å². The van der Waals surface area contributed by atoms with Gasteiger partial charge in [0.05, 0.1) is 0 Å². The fourth-order valence-corrected chi connectivity index (χ4v) is 2.00. The van der Waals surface area contributed by atoms with Crippen LogP contribution < -0.4 is 11.1 Å². The lowest BCUT2D eigenvalue weighted by Crippen LogP contribution is -2.47. The van der Waals surface area contributed by atoms with Crippen molar-refractivity contribution in [1.82, 2.24) is 10.2 Å². The van der Waals surface area contributed by atoms with E-state index >= 15 is 0 Å². The first kappa shape index (κ1) is 17.4. The molecule has 0 heterocycles. The van der Waals surface area contributed by atoms with E-state index in [9.17, 15) is 4.79 Å². The molecule has 4 nitrogen and oxygen atoms in total. The number of likely N-dealkylation sites (N-methyl/N-ethyl adjacent to an activating group) is 1. The predicted molar refractivity (Wildman–Crippen MR) is 77.5 cm³/mol. The molecular weight excluding hydrogens is 226 g/mol. The number of unbranched alkanes of at least 4 members (excludes halogenated alkanes) is 1. The predicted octanol–water partition coefficient (Wildman–Crippen LogP) is 1.74. The fourth-order valence-electron chi connectivity index (χ4n) is 2.00. The van der Waals surface area contributed by atoms with Gasteiger partial charge in [-0.2, -0.15) is 0 Å². The topological polar surface area (TPSA) is 58.4 Å². The maximum absolute atomic E-state index is 11.9. The van der Waals surface area contributed by atoms with E-state index in [1.165, 1.54) is 6.42 Å². The van der Waals surface area contributed by atoms with E-state index in [1.807, 2.05) is 20.8 Å². The molecule has 0 aliphatic rings. The van der Waals surface area contributed by atoms with Crippen LogP contribution in [0.1, 0.15) is 53.9 Å². The van der Waals surface area contributed by atoms with Crippen LogP contribution in [0.4, 0.5) is 0 Å². The van der Waals surface area contributed by atoms with Crippen LogP contribution in [0.25, 0.3) is 0 Å². The van der Waals surface area contributed by atoms with Gasteiger partial charge in [0.1, 0.15) is 0 Å². The molecule has 0 saturated carbocycles. The quantitative estimate of drug-likeness (QED) is 0.696. The van der Waals surface area contributed by atoms with Crippen molar-refractivity contribution >= 4 is 5.91 Å². The third-order valence-corrected chi connectivity index (χ3v) is 2.93. The molecule has 4 heteroatoms. The van der Waals surface area contributed by atoms with Crippen LogP contribution in [0.3, 0.4) is 0 Å². The first-order chi connectivity index (χ1) is 8.34. The van der Waals surface area contributed by atoms with Crippen molar-refractivity contribution in [2.24, 2.45) is 5.73 Å². The SMILES string of the molecule is CCCCN(CC)C(CN)CC(=O)NC(C)(C)C. The zero-order valence-corrected chi connectivity index (χ0v) is 12.8. The molecule has 0 bridgehead atoms. The number of nitrogens with one attached hydrogen (secondary N) is 1. The monoisotopic (exact) mass is 257 g/mol. The molecule has 108 valence electrons. The van der Waals surface area contributed by atoms with Gasteiger partial charge in [-0.15, -0.1) is 0 Å². The molecule has 0 saturated heterocycles. The van der Waals surface area contributed by atoms with Gasteiger partial charge in [0.2, 0.25) is 5.91 Å². The summed E-state index contributed by atoms with van der Waals surface area (Å²) < 4.78 is 0. The van der Waals surface area contributed by atoms with Gasteiger partial charge in [-0.1, -0.05) is 20.3 Å². The van der Waals surface area contributed by atoms with Gasteiger partial charge in [0.25, 0.3) is 0 Å². The zero-order chi connectivity index (χ0) is 14.2. The number of hydrogen-bond donors (Lipinski definition) is 2. The molecule has 18 heavy (non-hydrogen) atoms. The molecule has 0 spiro atoms. The number of nitrogens with two attached hydrogens (primary N) is 1. The van der Waals surface area contributed by atoms with Crippen molar-refractivity contribution in [2.75, 3.05) is 19.6 Å². The molecule has 1 amide bonds. The molecule has 0 aromatic heterocycles. The Morgan fingerprint density at radius 3 is 2.33 bits per heavy atom. The highest BCUT2D eigenvalue weighted by atomic mass is 16.1. The van der Waals surface area contributed by atoms with Gasteiger partial charge in [-0.05, 0) is 40.3 Å². The minimum absolute atomic E-state index is 0.0906. The molecular formula is C14H31N3O. The van der Waals surface area contributed by atoms with E-state index < -0.39 is 0 Å². The second-order valence-electron chi connectivity index (χ2n) is 5.87. The Labute approximate surface area is 112 Å². The van der Waals surface area contributed by atoms with E-state index in [4.69, 9.17) is 5.73 Å². The lowest BCUT2D eigenvalue weighted by Gasteiger charge is -2.30. The molecule has 3 N–H and O–H groups in total. The van der Waals surface area contributed by atoms with Crippen LogP contribution in [0.5, 0.6) is 0 Å². The molecule has 0 aliphatic heterocycles. The van der Waals surface area contributed by atoms with Gasteiger partial charge in [0.15, 0.2) is 0 Å². The smallest absolute Gasteiger partial charge is 0.222 e. The highest BCUT2D eigenvalue weighted by molar-refractivity contribution is 5.77. The molecule has 0 aromatic carbocycles. The number of carbonyl (C=O) groups is 1. The Balaban J connectivity index is 4.34. The largest absolute Gasteiger partial charge is 0.351 e. The maximum atomic E-state index is 11.9. The van der Waals surface area contributed by atoms with E-state index in [0.717, 1.165) is 19.5 Å². The summed E-state index contributed by atoms with van der Waals surface area (Å²) >= 11 is 0. The van der Waals surface area contributed by atoms with Gasteiger partial charge < -0.3 is 11.1 Å². The van der Waals surface area contributed by atoms with Gasteiger partial charge in [-0.3, -0.25) is 9.69 Å². The second kappa shape index (κ2) is 8.48. The standard InChI is InChI=1S/C14H31N3O/c1-6-8-9-17(7-2)12(11-15)10-13(18)16-14(3,4)5/h12H,6-11,15H2,1-5H3,(H,16,18). The number of carbonyl (C=O) groups excluding carboxylic acids is 1. The summed E-state index contributed by atoms with van der Waals surface area (Å²) in [4.78, 5) is 14.2. The molecule has 0 rings (SSSR count). The summed E-state index contributed by atoms with van der Waals surface area (Å²) in [5, 5.41) is 3.00. The number of nitrogens with zero attached hydrogens (tertiary/aromatic N) is 1. The molecule has 1 unspecified atom stereocenters. The summed E-state index contributed by atoms with van der Waals surface area (Å²) in [5.74, 6) is 0.0906. The van der Waals surface area contributed by atoms with E-state index in [-0.39, 0.29) is 17.5 Å². The minimum atomic E-state index is -0.170. The molecule has 0 aromatic rings. The van der Waals surface area contributed by atoms with Crippen LogP contribution in [0.2, 0.25) is 0 Å². The average Bonchev–Trinajstić information content (AvgIpc) is 2.25. The molecule has 1 atom stereocenters. The first-order valence-electron chi connectivity index (χ1n) is 7.09. The van der Waals surface area contributed by atoms with Crippen LogP contribution in [0, 0.1) is 0 Å². The Hall–Kier alpha value is -0.610. The van der Waals surface area contributed by atoms with Gasteiger partial charge in [-0.25, -0.2) is 0 Å². The summed E-state index contributed by atoms with van der Waals surface area (Å²) in [7, 11) is 0. The van der Waals surface area contributed by atoms with Gasteiger partial charge >= 0.3 is 0 Å². The average molecular weight is 257 g/mol. The van der Waals surface area contributed by atoms with Crippen LogP contribution in [-0.4, -0.2) is 42.0 Å². The summed E-state index contributed by atoms with van der Waals surface area (Å²) in [5.41, 5.74) is 5.64.